The summed E-state index contributed by atoms with van der Waals surface area (Å²) in [7, 11) is -4.38. The molecule has 2 N–H and O–H groups in total. The minimum Gasteiger partial charge on any atom is -0.481 e. The summed E-state index contributed by atoms with van der Waals surface area (Å²) in [5, 5.41) is 19.4. The third kappa shape index (κ3) is 7.40. The summed E-state index contributed by atoms with van der Waals surface area (Å²) in [6, 6.07) is 25.9. The van der Waals surface area contributed by atoms with E-state index in [-0.39, 0.29) is 17.7 Å². The van der Waals surface area contributed by atoms with Gasteiger partial charge < -0.3 is 10.2 Å². The predicted molar refractivity (Wildman–Crippen MR) is 193 cm³/mol. The highest BCUT2D eigenvalue weighted by molar-refractivity contribution is 7.90. The Bertz CT molecular complexity index is 2250. The highest BCUT2D eigenvalue weighted by atomic mass is 32.2. The van der Waals surface area contributed by atoms with Crippen LogP contribution in [-0.4, -0.2) is 47.3 Å². The van der Waals surface area contributed by atoms with Gasteiger partial charge in [0.05, 0.1) is 17.7 Å². The van der Waals surface area contributed by atoms with Gasteiger partial charge in [0.15, 0.2) is 9.84 Å². The highest BCUT2D eigenvalue weighted by Crippen LogP contribution is 2.48. The quantitative estimate of drug-likeness (QED) is 0.136. The van der Waals surface area contributed by atoms with Gasteiger partial charge in [0.1, 0.15) is 0 Å². The fraction of sp³-hybridized carbons (Fsp3) is 0.118. The van der Waals surface area contributed by atoms with E-state index in [2.05, 4.69) is 0 Å². The fourth-order valence-electron chi connectivity index (χ4n) is 5.01. The molecule has 0 aliphatic heterocycles. The first-order valence-electron chi connectivity index (χ1n) is 14.0. The van der Waals surface area contributed by atoms with Crippen LogP contribution in [-0.2, 0) is 43.1 Å². The second kappa shape index (κ2) is 13.4. The molecule has 47 heavy (non-hydrogen) atoms. The normalized spacial score (nSPS) is 12.3. The summed E-state index contributed by atoms with van der Waals surface area (Å²) in [6.45, 7) is 0. The fourth-order valence-corrected chi connectivity index (χ4v) is 10.9. The molecule has 6 rings (SSSR count). The first-order valence-corrected chi connectivity index (χ1v) is 20.7. The number of sulfone groups is 1. The van der Waals surface area contributed by atoms with Gasteiger partial charge in [-0.1, -0.05) is 24.3 Å². The largest absolute Gasteiger partial charge is 0.481 e. The van der Waals surface area contributed by atoms with Gasteiger partial charge in [-0.2, -0.15) is 0 Å². The van der Waals surface area contributed by atoms with Crippen molar-refractivity contribution in [3.05, 3.63) is 96.1 Å². The molecule has 240 valence electrons. The van der Waals surface area contributed by atoms with Crippen molar-refractivity contribution in [2.45, 2.75) is 22.6 Å². The van der Waals surface area contributed by atoms with E-state index in [0.717, 1.165) is 55.0 Å². The molecule has 4 heterocycles. The molecule has 0 spiro atoms. The van der Waals surface area contributed by atoms with Gasteiger partial charge >= 0.3 is 11.9 Å². The van der Waals surface area contributed by atoms with Crippen LogP contribution < -0.4 is 0 Å². The number of carbonyl (C=O) groups is 2. The minimum atomic E-state index is -3.31. The molecular formula is C34H26O7S6. The van der Waals surface area contributed by atoms with Gasteiger partial charge in [-0.15, -0.1) is 45.3 Å². The molecule has 6 aromatic rings. The van der Waals surface area contributed by atoms with Crippen LogP contribution in [0.5, 0.6) is 0 Å². The van der Waals surface area contributed by atoms with E-state index in [1.54, 1.807) is 41.9 Å². The number of aliphatic carboxylic acids is 2. The number of carboxylic acids is 2. The molecule has 0 fully saturated rings. The van der Waals surface area contributed by atoms with Crippen molar-refractivity contribution in [3.8, 4) is 50.1 Å². The van der Waals surface area contributed by atoms with Gasteiger partial charge in [-0.25, -0.2) is 8.42 Å². The number of thiophene rings is 4. The molecule has 0 saturated carbocycles. The van der Waals surface area contributed by atoms with Crippen LogP contribution in [0.15, 0.2) is 94.7 Å². The number of benzene rings is 2. The Kier molecular flexibility index (Phi) is 9.47. The van der Waals surface area contributed by atoms with E-state index >= 15 is 0 Å². The monoisotopic (exact) mass is 738 g/mol. The van der Waals surface area contributed by atoms with E-state index < -0.39 is 32.6 Å². The van der Waals surface area contributed by atoms with Crippen molar-refractivity contribution >= 4 is 77.9 Å². The SMILES string of the molecule is CS(=O)c1ccc(-c2ccc(-c3sc(-c4cc(CC(=O)O)c(-c5ccc(-c6ccc(S(C)(=O)=O)cc6)s5)s4)cc3CC(=O)O)s2)cc1. The van der Waals surface area contributed by atoms with E-state index in [1.165, 1.54) is 40.3 Å². The van der Waals surface area contributed by atoms with E-state index in [0.29, 0.717) is 11.1 Å². The summed E-state index contributed by atoms with van der Waals surface area (Å²) < 4.78 is 35.6. The lowest BCUT2D eigenvalue weighted by Crippen LogP contribution is -1.99. The predicted octanol–water partition coefficient (Wildman–Crippen LogP) is 8.66. The maximum atomic E-state index is 11.9. The molecule has 13 heteroatoms. The van der Waals surface area contributed by atoms with Gasteiger partial charge in [-0.3, -0.25) is 13.8 Å². The average Bonchev–Trinajstić information content (AvgIpc) is 3.82. The molecule has 4 aromatic heterocycles. The number of rotatable bonds is 11. The van der Waals surface area contributed by atoms with Crippen LogP contribution in [0.3, 0.4) is 0 Å². The summed E-state index contributed by atoms with van der Waals surface area (Å²) in [6.07, 6.45) is 2.49. The lowest BCUT2D eigenvalue weighted by molar-refractivity contribution is -0.137. The van der Waals surface area contributed by atoms with Crippen LogP contribution >= 0.6 is 45.3 Å². The molecule has 2 aromatic carbocycles. The van der Waals surface area contributed by atoms with Crippen molar-refractivity contribution < 1.29 is 32.4 Å². The molecule has 0 aliphatic carbocycles. The lowest BCUT2D eigenvalue weighted by Gasteiger charge is -2.01. The summed E-state index contributed by atoms with van der Waals surface area (Å²) in [5.41, 5.74) is 3.20. The second-order valence-electron chi connectivity index (χ2n) is 10.7. The van der Waals surface area contributed by atoms with Crippen molar-refractivity contribution in [2.24, 2.45) is 0 Å². The molecule has 1 atom stereocenters. The molecule has 0 radical (unpaired) electrons. The molecule has 0 amide bonds. The molecular weight excluding hydrogens is 713 g/mol. The molecule has 0 aliphatic rings. The van der Waals surface area contributed by atoms with Crippen molar-refractivity contribution in [1.82, 2.24) is 0 Å². The van der Waals surface area contributed by atoms with Crippen LogP contribution in [0.2, 0.25) is 0 Å². The van der Waals surface area contributed by atoms with Gasteiger partial charge in [0.25, 0.3) is 0 Å². The molecule has 0 saturated heterocycles. The zero-order valence-corrected chi connectivity index (χ0v) is 29.8. The topological polar surface area (TPSA) is 126 Å². The Morgan fingerprint density at radius 1 is 0.617 bits per heavy atom. The zero-order chi connectivity index (χ0) is 33.5. The zero-order valence-electron chi connectivity index (χ0n) is 24.9. The van der Waals surface area contributed by atoms with Gasteiger partial charge in [-0.05, 0) is 82.9 Å². The third-order valence-corrected chi connectivity index (χ3v) is 14.5. The Morgan fingerprint density at radius 2 is 1.02 bits per heavy atom. The van der Waals surface area contributed by atoms with Crippen molar-refractivity contribution in [1.29, 1.82) is 0 Å². The number of carboxylic acid groups (broad SMARTS) is 2. The summed E-state index contributed by atoms with van der Waals surface area (Å²) in [5.74, 6) is -1.89. The Morgan fingerprint density at radius 3 is 1.40 bits per heavy atom. The Balaban J connectivity index is 1.36. The van der Waals surface area contributed by atoms with Crippen LogP contribution in [0.4, 0.5) is 0 Å². The van der Waals surface area contributed by atoms with E-state index in [9.17, 15) is 32.4 Å². The van der Waals surface area contributed by atoms with E-state index in [1.807, 2.05) is 60.7 Å². The smallest absolute Gasteiger partial charge is 0.307 e. The first-order chi connectivity index (χ1) is 22.4. The standard InChI is InChI=1S/C34H26O7S6/c1-46(39)23-7-3-19(4-8-23)25-11-13-27(42-25)33-21(17-31(35)36)15-29(44-33)30-16-22(18-32(37)38)34(45-30)28-14-12-26(43-28)20-5-9-24(10-6-20)47(2,40)41/h3-16H,17-18H2,1-2H3,(H,35,36)(H,37,38). The number of hydrogen-bond acceptors (Lipinski definition) is 9. The maximum Gasteiger partial charge on any atom is 0.307 e. The lowest BCUT2D eigenvalue weighted by atomic mass is 10.1. The Labute approximate surface area is 289 Å². The van der Waals surface area contributed by atoms with Crippen LogP contribution in [0.1, 0.15) is 11.1 Å². The molecule has 0 bridgehead atoms. The summed E-state index contributed by atoms with van der Waals surface area (Å²) >= 11 is 6.01. The van der Waals surface area contributed by atoms with Gasteiger partial charge in [0.2, 0.25) is 0 Å². The van der Waals surface area contributed by atoms with Gasteiger partial charge in [0, 0.05) is 67.2 Å². The molecule has 7 nitrogen and oxygen atoms in total. The minimum absolute atomic E-state index is 0.150. The third-order valence-electron chi connectivity index (χ3n) is 7.24. The Hall–Kier alpha value is -3.72. The highest BCUT2D eigenvalue weighted by Gasteiger charge is 2.22. The average molecular weight is 739 g/mol. The van der Waals surface area contributed by atoms with Crippen molar-refractivity contribution in [3.63, 3.8) is 0 Å². The molecule has 1 unspecified atom stereocenters. The van der Waals surface area contributed by atoms with Crippen molar-refractivity contribution in [2.75, 3.05) is 12.5 Å². The van der Waals surface area contributed by atoms with E-state index in [4.69, 9.17) is 0 Å². The number of hydrogen-bond donors (Lipinski definition) is 2. The van der Waals surface area contributed by atoms with Crippen LogP contribution in [0, 0.1) is 0 Å². The second-order valence-corrected chi connectivity index (χ2v) is 18.3. The van der Waals surface area contributed by atoms with Crippen LogP contribution in [0.25, 0.3) is 50.1 Å². The first kappa shape index (κ1) is 33.2. The maximum absolute atomic E-state index is 11.9. The summed E-state index contributed by atoms with van der Waals surface area (Å²) in [4.78, 5) is 31.8.